The van der Waals surface area contributed by atoms with Crippen molar-refractivity contribution < 1.29 is 14.9 Å². The van der Waals surface area contributed by atoms with E-state index in [-0.39, 0.29) is 31.9 Å². The summed E-state index contributed by atoms with van der Waals surface area (Å²) in [5, 5.41) is 25.9. The van der Waals surface area contributed by atoms with Gasteiger partial charge in [0.25, 0.3) is 0 Å². The van der Waals surface area contributed by atoms with Gasteiger partial charge in [0, 0.05) is 36.8 Å². The minimum atomic E-state index is -0.702. The SMILES string of the molecule is O=c1[nH]/c(=N\c2ccc(Oc3ccn[nH]3)cc2)n(Cc2ccc(Cl)cc2)c(=O)n1CC(CO)CO. The number of H-pyrrole nitrogens is 2. The number of aromatic nitrogens is 5. The maximum atomic E-state index is 13.3. The van der Waals surface area contributed by atoms with Gasteiger partial charge in [-0.25, -0.2) is 24.2 Å². The highest BCUT2D eigenvalue weighted by Crippen LogP contribution is 2.22. The number of nitrogens with one attached hydrogen (secondary N) is 2. The van der Waals surface area contributed by atoms with Crippen molar-refractivity contribution in [1.29, 1.82) is 0 Å². The molecule has 4 N–H and O–H groups in total. The lowest BCUT2D eigenvalue weighted by atomic mass is 10.2. The molecule has 0 aliphatic heterocycles. The molecule has 4 aromatic rings. The average molecular weight is 499 g/mol. The van der Waals surface area contributed by atoms with Crippen molar-refractivity contribution in [2.24, 2.45) is 10.9 Å². The maximum Gasteiger partial charge on any atom is 0.335 e. The molecule has 0 atom stereocenters. The van der Waals surface area contributed by atoms with Gasteiger partial charge in [-0.2, -0.15) is 5.10 Å². The third-order valence-electron chi connectivity index (χ3n) is 5.17. The van der Waals surface area contributed by atoms with Crippen LogP contribution in [-0.2, 0) is 13.1 Å². The van der Waals surface area contributed by atoms with Crippen LogP contribution in [0.1, 0.15) is 5.56 Å². The molecule has 0 aliphatic rings. The van der Waals surface area contributed by atoms with E-state index < -0.39 is 17.3 Å². The Bertz CT molecular complexity index is 1440. The van der Waals surface area contributed by atoms with Crippen molar-refractivity contribution in [3.05, 3.63) is 98.0 Å². The molecule has 12 heteroatoms. The zero-order valence-corrected chi connectivity index (χ0v) is 19.2. The first kappa shape index (κ1) is 24.2. The van der Waals surface area contributed by atoms with E-state index in [0.717, 1.165) is 10.1 Å². The van der Waals surface area contributed by atoms with Crippen LogP contribution in [0.3, 0.4) is 0 Å². The summed E-state index contributed by atoms with van der Waals surface area (Å²) in [7, 11) is 0. The molecule has 11 nitrogen and oxygen atoms in total. The maximum absolute atomic E-state index is 13.3. The van der Waals surface area contributed by atoms with Gasteiger partial charge in [0.15, 0.2) is 0 Å². The topological polar surface area (TPSA) is 151 Å². The standard InChI is InChI=1S/C23H23ClN6O5/c24-17-3-1-15(2-4-17)11-29-21(27-22(33)30(23(29)34)12-16(13-31)14-32)26-18-5-7-19(8-6-18)35-20-9-10-25-28-20/h1-10,16,31-32H,11-14H2,(H,25,28)(H,26,27,33). The summed E-state index contributed by atoms with van der Waals surface area (Å²) in [5.74, 6) is 0.362. The number of hydrogen-bond acceptors (Lipinski definition) is 7. The van der Waals surface area contributed by atoms with Gasteiger partial charge in [0.2, 0.25) is 11.5 Å². The van der Waals surface area contributed by atoms with Crippen molar-refractivity contribution >= 4 is 17.3 Å². The first-order valence-corrected chi connectivity index (χ1v) is 11.1. The van der Waals surface area contributed by atoms with E-state index in [1.165, 1.54) is 4.57 Å². The molecule has 182 valence electrons. The van der Waals surface area contributed by atoms with E-state index in [4.69, 9.17) is 16.3 Å². The molecule has 2 aromatic carbocycles. The lowest BCUT2D eigenvalue weighted by molar-refractivity contribution is 0.134. The molecular formula is C23H23ClN6O5. The van der Waals surface area contributed by atoms with E-state index in [1.54, 1.807) is 60.8 Å². The zero-order valence-electron chi connectivity index (χ0n) is 18.5. The molecule has 0 amide bonds. The molecule has 35 heavy (non-hydrogen) atoms. The van der Waals surface area contributed by atoms with Crippen LogP contribution in [0.5, 0.6) is 11.6 Å². The molecule has 0 radical (unpaired) electrons. The highest BCUT2D eigenvalue weighted by molar-refractivity contribution is 6.30. The van der Waals surface area contributed by atoms with Crippen LogP contribution < -0.4 is 21.7 Å². The minimum Gasteiger partial charge on any atom is -0.440 e. The van der Waals surface area contributed by atoms with Gasteiger partial charge in [-0.05, 0) is 42.0 Å². The van der Waals surface area contributed by atoms with E-state index >= 15 is 0 Å². The molecule has 0 saturated heterocycles. The van der Waals surface area contributed by atoms with Gasteiger partial charge in [-0.1, -0.05) is 23.7 Å². The number of halogens is 1. The smallest absolute Gasteiger partial charge is 0.335 e. The lowest BCUT2D eigenvalue weighted by Gasteiger charge is -2.15. The molecule has 2 heterocycles. The summed E-state index contributed by atoms with van der Waals surface area (Å²) in [6.45, 7) is -0.797. The van der Waals surface area contributed by atoms with Gasteiger partial charge in [-0.15, -0.1) is 0 Å². The minimum absolute atomic E-state index is 0.0398. The molecule has 0 fully saturated rings. The number of rotatable bonds is 9. The number of ether oxygens (including phenoxy) is 1. The Morgan fingerprint density at radius 3 is 2.34 bits per heavy atom. The van der Waals surface area contributed by atoms with Gasteiger partial charge >= 0.3 is 11.4 Å². The Labute approximate surface area is 203 Å². The molecule has 4 rings (SSSR count). The summed E-state index contributed by atoms with van der Waals surface area (Å²) in [4.78, 5) is 33.1. The number of nitrogens with zero attached hydrogens (tertiary/aromatic N) is 4. The Morgan fingerprint density at radius 1 is 1.00 bits per heavy atom. The normalized spacial score (nSPS) is 11.8. The molecule has 0 unspecified atom stereocenters. The monoisotopic (exact) mass is 498 g/mol. The van der Waals surface area contributed by atoms with Crippen LogP contribution in [0.2, 0.25) is 5.02 Å². The van der Waals surface area contributed by atoms with Crippen LogP contribution in [0, 0.1) is 5.92 Å². The largest absolute Gasteiger partial charge is 0.440 e. The van der Waals surface area contributed by atoms with Crippen molar-refractivity contribution in [3.8, 4) is 11.6 Å². The molecule has 2 aromatic heterocycles. The fourth-order valence-electron chi connectivity index (χ4n) is 3.29. The molecular weight excluding hydrogens is 476 g/mol. The Morgan fingerprint density at radius 2 is 1.71 bits per heavy atom. The van der Waals surface area contributed by atoms with Gasteiger partial charge in [0.05, 0.1) is 18.4 Å². The molecule has 0 spiro atoms. The third kappa shape index (κ3) is 5.96. The second-order valence-electron chi connectivity index (χ2n) is 7.72. The number of aliphatic hydroxyl groups is 2. The van der Waals surface area contributed by atoms with Crippen LogP contribution >= 0.6 is 11.6 Å². The van der Waals surface area contributed by atoms with Gasteiger partial charge < -0.3 is 14.9 Å². The average Bonchev–Trinajstić information content (AvgIpc) is 3.37. The van der Waals surface area contributed by atoms with Crippen LogP contribution in [0.4, 0.5) is 5.69 Å². The Balaban J connectivity index is 1.75. The van der Waals surface area contributed by atoms with Crippen molar-refractivity contribution in [2.75, 3.05) is 13.2 Å². The number of aliphatic hydroxyl groups excluding tert-OH is 2. The lowest BCUT2D eigenvalue weighted by Crippen LogP contribution is -2.51. The second kappa shape index (κ2) is 11.0. The van der Waals surface area contributed by atoms with E-state index in [9.17, 15) is 19.8 Å². The number of hydrogen-bond donors (Lipinski definition) is 4. The van der Waals surface area contributed by atoms with Crippen LogP contribution in [0.15, 0.2) is 75.4 Å². The van der Waals surface area contributed by atoms with Crippen molar-refractivity contribution in [2.45, 2.75) is 13.1 Å². The Kier molecular flexibility index (Phi) is 7.60. The predicted molar refractivity (Wildman–Crippen MR) is 128 cm³/mol. The highest BCUT2D eigenvalue weighted by Gasteiger charge is 2.14. The van der Waals surface area contributed by atoms with Crippen molar-refractivity contribution in [3.63, 3.8) is 0 Å². The van der Waals surface area contributed by atoms with E-state index in [1.807, 2.05) is 0 Å². The summed E-state index contributed by atoms with van der Waals surface area (Å²) in [6.07, 6.45) is 1.57. The fraction of sp³-hybridized carbons (Fsp3) is 0.217. The highest BCUT2D eigenvalue weighted by atomic mass is 35.5. The van der Waals surface area contributed by atoms with Crippen molar-refractivity contribution in [1.82, 2.24) is 24.3 Å². The summed E-state index contributed by atoms with van der Waals surface area (Å²) >= 11 is 5.98. The first-order chi connectivity index (χ1) is 17.0. The number of benzene rings is 2. The molecule has 0 aliphatic carbocycles. The van der Waals surface area contributed by atoms with E-state index in [0.29, 0.717) is 22.3 Å². The zero-order chi connectivity index (χ0) is 24.8. The van der Waals surface area contributed by atoms with E-state index in [2.05, 4.69) is 20.2 Å². The predicted octanol–water partition coefficient (Wildman–Crippen LogP) is 1.39. The van der Waals surface area contributed by atoms with Crippen LogP contribution in [-0.4, -0.2) is 47.7 Å². The summed E-state index contributed by atoms with van der Waals surface area (Å²) in [5.41, 5.74) is -0.0577. The van der Waals surface area contributed by atoms with Gasteiger partial charge in [-0.3, -0.25) is 9.55 Å². The first-order valence-electron chi connectivity index (χ1n) is 10.7. The quantitative estimate of drug-likeness (QED) is 0.274. The molecule has 0 bridgehead atoms. The number of aromatic amines is 2. The second-order valence-corrected chi connectivity index (χ2v) is 8.16. The summed E-state index contributed by atoms with van der Waals surface area (Å²) < 4.78 is 7.87. The van der Waals surface area contributed by atoms with Gasteiger partial charge in [0.1, 0.15) is 5.75 Å². The Hall–Kier alpha value is -3.93. The fourth-order valence-corrected chi connectivity index (χ4v) is 3.41. The third-order valence-corrected chi connectivity index (χ3v) is 5.42. The van der Waals surface area contributed by atoms with Crippen LogP contribution in [0.25, 0.3) is 0 Å². The summed E-state index contributed by atoms with van der Waals surface area (Å²) in [6, 6.07) is 15.3. The molecule has 0 saturated carbocycles.